The summed E-state index contributed by atoms with van der Waals surface area (Å²) in [4.78, 5) is 0. The molecular weight excluding hydrogens is 316 g/mol. The molecule has 0 bridgehead atoms. The maximum atomic E-state index is 6.20. The molecule has 1 aliphatic heterocycles. The molecule has 0 spiro atoms. The Morgan fingerprint density at radius 2 is 1.04 bits per heavy atom. The predicted octanol–water partition coefficient (Wildman–Crippen LogP) is 5.77. The lowest BCUT2D eigenvalue weighted by atomic mass is 10.00. The first-order valence-electron chi connectivity index (χ1n) is 8.67. The molecule has 4 rings (SSSR count). The Bertz CT molecular complexity index is 932. The minimum absolute atomic E-state index is 0.00521. The van der Waals surface area contributed by atoms with Gasteiger partial charge in [-0.2, -0.15) is 0 Å². The van der Waals surface area contributed by atoms with Crippen molar-refractivity contribution in [1.29, 1.82) is 0 Å². The molecule has 124 valence electrons. The molecule has 0 atom stereocenters. The Kier molecular flexibility index (Phi) is 4.67. The molecular formula is C25H18O. The molecule has 0 N–H and O–H groups in total. The van der Waals surface area contributed by atoms with Crippen molar-refractivity contribution < 1.29 is 4.74 Å². The summed E-state index contributed by atoms with van der Waals surface area (Å²) in [6, 6.07) is 30.4. The van der Waals surface area contributed by atoms with Crippen LogP contribution in [0.1, 0.15) is 16.7 Å². The molecule has 3 aromatic rings. The van der Waals surface area contributed by atoms with E-state index >= 15 is 0 Å². The van der Waals surface area contributed by atoms with Crippen LogP contribution in [0, 0.1) is 17.8 Å². The van der Waals surface area contributed by atoms with Crippen molar-refractivity contribution in [2.45, 2.75) is 0 Å². The van der Waals surface area contributed by atoms with E-state index in [0.717, 1.165) is 28.2 Å². The highest BCUT2D eigenvalue weighted by Gasteiger charge is 2.17. The van der Waals surface area contributed by atoms with Crippen molar-refractivity contribution in [2.75, 3.05) is 0 Å². The predicted molar refractivity (Wildman–Crippen MR) is 107 cm³/mol. The first-order valence-corrected chi connectivity index (χ1v) is 8.67. The molecule has 0 unspecified atom stereocenters. The van der Waals surface area contributed by atoms with E-state index in [-0.39, 0.29) is 5.92 Å². The third-order valence-corrected chi connectivity index (χ3v) is 4.16. The van der Waals surface area contributed by atoms with E-state index in [0.29, 0.717) is 0 Å². The topological polar surface area (TPSA) is 9.23 Å². The van der Waals surface area contributed by atoms with E-state index in [1.54, 1.807) is 0 Å². The van der Waals surface area contributed by atoms with Gasteiger partial charge >= 0.3 is 0 Å². The lowest BCUT2D eigenvalue weighted by Crippen LogP contribution is -2.04. The highest BCUT2D eigenvalue weighted by Crippen LogP contribution is 2.32. The zero-order valence-corrected chi connectivity index (χ0v) is 14.3. The Hall–Kier alpha value is -3.50. The molecule has 1 heterocycles. The van der Waals surface area contributed by atoms with Gasteiger partial charge in [0, 0.05) is 16.7 Å². The van der Waals surface area contributed by atoms with Gasteiger partial charge in [0.15, 0.2) is 0 Å². The molecule has 0 radical (unpaired) electrons. The van der Waals surface area contributed by atoms with E-state index in [4.69, 9.17) is 4.74 Å². The average Bonchev–Trinajstić information content (AvgIpc) is 2.74. The summed E-state index contributed by atoms with van der Waals surface area (Å²) in [6.45, 7) is 0. The van der Waals surface area contributed by atoms with Crippen LogP contribution in [-0.4, -0.2) is 0 Å². The van der Waals surface area contributed by atoms with Gasteiger partial charge in [-0.3, -0.25) is 0 Å². The SMILES string of the molecule is C(#CC1C=C(c2ccccc2)OC(c2ccccc2)=C1)c1ccccc1. The lowest BCUT2D eigenvalue weighted by molar-refractivity contribution is 0.458. The van der Waals surface area contributed by atoms with Crippen molar-refractivity contribution in [1.82, 2.24) is 0 Å². The summed E-state index contributed by atoms with van der Waals surface area (Å²) in [6.07, 6.45) is 4.16. The zero-order chi connectivity index (χ0) is 17.6. The molecule has 0 aromatic heterocycles. The largest absolute Gasteiger partial charge is 0.457 e. The Balaban J connectivity index is 1.71. The number of benzene rings is 3. The van der Waals surface area contributed by atoms with Gasteiger partial charge in [0.1, 0.15) is 11.5 Å². The molecule has 0 saturated carbocycles. The van der Waals surface area contributed by atoms with E-state index in [2.05, 4.69) is 48.3 Å². The van der Waals surface area contributed by atoms with Gasteiger partial charge < -0.3 is 4.74 Å². The molecule has 1 heteroatoms. The van der Waals surface area contributed by atoms with Crippen molar-refractivity contribution in [3.63, 3.8) is 0 Å². The average molecular weight is 334 g/mol. The fourth-order valence-corrected chi connectivity index (χ4v) is 2.85. The number of rotatable bonds is 2. The van der Waals surface area contributed by atoms with Crippen LogP contribution in [0.2, 0.25) is 0 Å². The second-order valence-corrected chi connectivity index (χ2v) is 6.06. The van der Waals surface area contributed by atoms with Gasteiger partial charge in [0.05, 0.1) is 5.92 Å². The smallest absolute Gasteiger partial charge is 0.132 e. The monoisotopic (exact) mass is 334 g/mol. The summed E-state index contributed by atoms with van der Waals surface area (Å²) in [5.74, 6) is 8.31. The summed E-state index contributed by atoms with van der Waals surface area (Å²) in [5.41, 5.74) is 3.13. The van der Waals surface area contributed by atoms with Crippen LogP contribution in [0.5, 0.6) is 0 Å². The molecule has 1 aliphatic rings. The molecule has 0 fully saturated rings. The standard InChI is InChI=1S/C25H18O/c1-4-10-20(11-5-1)16-17-21-18-24(22-12-6-2-7-13-22)26-25(19-21)23-14-8-3-9-15-23/h1-15,18-19,21H. The number of ether oxygens (including phenoxy) is 1. The molecule has 1 nitrogen and oxygen atoms in total. The zero-order valence-electron chi connectivity index (χ0n) is 14.3. The molecule has 0 saturated heterocycles. The van der Waals surface area contributed by atoms with Gasteiger partial charge in [0.25, 0.3) is 0 Å². The summed E-state index contributed by atoms with van der Waals surface area (Å²) < 4.78 is 6.20. The minimum atomic E-state index is -0.00521. The van der Waals surface area contributed by atoms with Crippen LogP contribution in [0.4, 0.5) is 0 Å². The lowest BCUT2D eigenvalue weighted by Gasteiger charge is -2.20. The van der Waals surface area contributed by atoms with E-state index in [1.807, 2.05) is 66.7 Å². The molecule has 0 aliphatic carbocycles. The third-order valence-electron chi connectivity index (χ3n) is 4.16. The second-order valence-electron chi connectivity index (χ2n) is 6.06. The van der Waals surface area contributed by atoms with Gasteiger partial charge in [-0.1, -0.05) is 90.7 Å². The van der Waals surface area contributed by atoms with Crippen molar-refractivity contribution in [3.05, 3.63) is 120 Å². The van der Waals surface area contributed by atoms with Crippen LogP contribution in [-0.2, 0) is 4.74 Å². The Morgan fingerprint density at radius 3 is 1.54 bits per heavy atom. The van der Waals surface area contributed by atoms with E-state index in [9.17, 15) is 0 Å². The third kappa shape index (κ3) is 3.77. The van der Waals surface area contributed by atoms with Gasteiger partial charge in [-0.25, -0.2) is 0 Å². The highest BCUT2D eigenvalue weighted by molar-refractivity contribution is 5.73. The number of hydrogen-bond acceptors (Lipinski definition) is 1. The molecule has 26 heavy (non-hydrogen) atoms. The first-order chi connectivity index (χ1) is 12.9. The highest BCUT2D eigenvalue weighted by atomic mass is 16.5. The Labute approximate surface area is 154 Å². The van der Waals surface area contributed by atoms with Crippen LogP contribution in [0.3, 0.4) is 0 Å². The van der Waals surface area contributed by atoms with E-state index in [1.165, 1.54) is 0 Å². The van der Waals surface area contributed by atoms with Crippen LogP contribution >= 0.6 is 0 Å². The van der Waals surface area contributed by atoms with Crippen LogP contribution in [0.15, 0.2) is 103 Å². The second kappa shape index (κ2) is 7.59. The first kappa shape index (κ1) is 16.0. The summed E-state index contributed by atoms with van der Waals surface area (Å²) in [5, 5.41) is 0. The van der Waals surface area contributed by atoms with E-state index < -0.39 is 0 Å². The van der Waals surface area contributed by atoms with Gasteiger partial charge in [-0.15, -0.1) is 0 Å². The minimum Gasteiger partial charge on any atom is -0.457 e. The normalized spacial score (nSPS) is 13.7. The summed E-state index contributed by atoms with van der Waals surface area (Å²) >= 11 is 0. The maximum absolute atomic E-state index is 6.20. The quantitative estimate of drug-likeness (QED) is 0.541. The fourth-order valence-electron chi connectivity index (χ4n) is 2.85. The fraction of sp³-hybridized carbons (Fsp3) is 0.0400. The number of allylic oxidation sites excluding steroid dienone is 2. The summed E-state index contributed by atoms with van der Waals surface area (Å²) in [7, 11) is 0. The van der Waals surface area contributed by atoms with Gasteiger partial charge in [-0.05, 0) is 24.3 Å². The van der Waals surface area contributed by atoms with Crippen LogP contribution in [0.25, 0.3) is 11.5 Å². The Morgan fingerprint density at radius 1 is 0.577 bits per heavy atom. The van der Waals surface area contributed by atoms with Crippen molar-refractivity contribution in [3.8, 4) is 11.8 Å². The van der Waals surface area contributed by atoms with Crippen molar-refractivity contribution in [2.24, 2.45) is 5.92 Å². The van der Waals surface area contributed by atoms with Crippen LogP contribution < -0.4 is 0 Å². The molecule has 3 aromatic carbocycles. The number of hydrogen-bond donors (Lipinski definition) is 0. The van der Waals surface area contributed by atoms with Crippen molar-refractivity contribution >= 4 is 11.5 Å². The molecule has 0 amide bonds. The maximum Gasteiger partial charge on any atom is 0.132 e. The van der Waals surface area contributed by atoms with Gasteiger partial charge in [0.2, 0.25) is 0 Å².